The van der Waals surface area contributed by atoms with Crippen molar-refractivity contribution in [1.82, 2.24) is 14.6 Å². The Hall–Kier alpha value is -3.46. The number of carbonyl (C=O) groups is 1. The van der Waals surface area contributed by atoms with E-state index in [4.69, 9.17) is 9.47 Å². The number of halogens is 1. The molecule has 0 unspecified atom stereocenters. The Morgan fingerprint density at radius 3 is 2.62 bits per heavy atom. The summed E-state index contributed by atoms with van der Waals surface area (Å²) in [4.78, 5) is 17.4. The van der Waals surface area contributed by atoms with Gasteiger partial charge in [-0.2, -0.15) is 4.98 Å². The number of hydrogen-bond donors (Lipinski definition) is 1. The van der Waals surface area contributed by atoms with E-state index in [0.29, 0.717) is 16.5 Å². The van der Waals surface area contributed by atoms with Crippen molar-refractivity contribution in [3.63, 3.8) is 0 Å². The quantitative estimate of drug-likeness (QED) is 0.521. The van der Waals surface area contributed by atoms with Gasteiger partial charge in [-0.3, -0.25) is 10.1 Å². The van der Waals surface area contributed by atoms with Crippen LogP contribution in [0.4, 0.5) is 10.3 Å². The molecule has 0 fully saturated rings. The van der Waals surface area contributed by atoms with Crippen LogP contribution in [0.5, 0.6) is 11.5 Å². The van der Waals surface area contributed by atoms with Crippen molar-refractivity contribution in [2.75, 3.05) is 19.5 Å². The Labute approximate surface area is 169 Å². The van der Waals surface area contributed by atoms with Crippen LogP contribution in [-0.4, -0.2) is 34.7 Å². The van der Waals surface area contributed by atoms with E-state index in [9.17, 15) is 9.18 Å². The Balaban J connectivity index is 1.51. The number of methoxy groups -OCH3 is 2. The molecule has 148 valence electrons. The largest absolute Gasteiger partial charge is 0.493 e. The van der Waals surface area contributed by atoms with Crippen molar-refractivity contribution in [2.45, 2.75) is 6.42 Å². The number of hydrogen-bond acceptors (Lipinski definition) is 6. The Morgan fingerprint density at radius 2 is 1.90 bits per heavy atom. The van der Waals surface area contributed by atoms with Gasteiger partial charge in [0.25, 0.3) is 0 Å². The van der Waals surface area contributed by atoms with Gasteiger partial charge in [0.1, 0.15) is 5.82 Å². The molecule has 9 heteroatoms. The van der Waals surface area contributed by atoms with Crippen LogP contribution in [0.25, 0.3) is 16.2 Å². The van der Waals surface area contributed by atoms with Gasteiger partial charge in [0.05, 0.1) is 26.3 Å². The lowest BCUT2D eigenvalue weighted by molar-refractivity contribution is -0.115. The minimum absolute atomic E-state index is 0.137. The molecule has 7 nitrogen and oxygen atoms in total. The minimum atomic E-state index is -0.304. The minimum Gasteiger partial charge on any atom is -0.493 e. The predicted molar refractivity (Wildman–Crippen MR) is 108 cm³/mol. The van der Waals surface area contributed by atoms with Gasteiger partial charge in [-0.1, -0.05) is 6.07 Å². The number of carbonyl (C=O) groups excluding carboxylic acids is 1. The van der Waals surface area contributed by atoms with Crippen LogP contribution in [0, 0.1) is 5.82 Å². The van der Waals surface area contributed by atoms with E-state index < -0.39 is 0 Å². The van der Waals surface area contributed by atoms with Crippen LogP contribution in [0.3, 0.4) is 0 Å². The highest BCUT2D eigenvalue weighted by Gasteiger charge is 2.14. The summed E-state index contributed by atoms with van der Waals surface area (Å²) in [6, 6.07) is 11.4. The number of fused-ring (bicyclic) bond motifs is 1. The van der Waals surface area contributed by atoms with Gasteiger partial charge >= 0.3 is 0 Å². The monoisotopic (exact) mass is 412 g/mol. The third-order valence-corrected chi connectivity index (χ3v) is 5.10. The summed E-state index contributed by atoms with van der Waals surface area (Å²) in [5.41, 5.74) is 2.36. The maximum atomic E-state index is 13.2. The Morgan fingerprint density at radius 1 is 1.14 bits per heavy atom. The summed E-state index contributed by atoms with van der Waals surface area (Å²) in [7, 11) is 3.10. The molecule has 0 atom stereocenters. The number of ether oxygens (including phenoxy) is 2. The number of benzene rings is 2. The summed E-state index contributed by atoms with van der Waals surface area (Å²) in [5, 5.41) is 8.96. The van der Waals surface area contributed by atoms with E-state index in [1.165, 1.54) is 23.5 Å². The van der Waals surface area contributed by atoms with Crippen LogP contribution in [0.2, 0.25) is 0 Å². The van der Waals surface area contributed by atoms with Gasteiger partial charge in [0.2, 0.25) is 16.8 Å². The number of aromatic nitrogens is 3. The summed E-state index contributed by atoms with van der Waals surface area (Å²) in [5.74, 6) is 0.815. The maximum absolute atomic E-state index is 13.2. The number of thiazole rings is 1. The molecule has 0 aliphatic heterocycles. The smallest absolute Gasteiger partial charge is 0.250 e. The fourth-order valence-corrected chi connectivity index (χ4v) is 3.73. The first-order valence-corrected chi connectivity index (χ1v) is 9.56. The van der Waals surface area contributed by atoms with Crippen LogP contribution in [0.15, 0.2) is 47.8 Å². The van der Waals surface area contributed by atoms with E-state index in [-0.39, 0.29) is 24.1 Å². The van der Waals surface area contributed by atoms with Crippen LogP contribution in [-0.2, 0) is 11.2 Å². The van der Waals surface area contributed by atoms with Crippen molar-refractivity contribution in [3.05, 3.63) is 59.2 Å². The zero-order valence-electron chi connectivity index (χ0n) is 15.7. The lowest BCUT2D eigenvalue weighted by atomic mass is 10.1. The van der Waals surface area contributed by atoms with Crippen LogP contribution in [0.1, 0.15) is 5.56 Å². The first kappa shape index (κ1) is 18.9. The number of rotatable bonds is 6. The fourth-order valence-electron chi connectivity index (χ4n) is 2.90. The number of nitrogens with zero attached hydrogens (tertiary/aromatic N) is 3. The van der Waals surface area contributed by atoms with Gasteiger partial charge in [-0.25, -0.2) is 8.91 Å². The fraction of sp³-hybridized carbons (Fsp3) is 0.150. The molecule has 0 saturated carbocycles. The normalized spacial score (nSPS) is 10.9. The van der Waals surface area contributed by atoms with Gasteiger partial charge in [0.15, 0.2) is 11.5 Å². The Kier molecular flexibility index (Phi) is 5.13. The standard InChI is InChI=1S/C20H17FN4O3S/c1-27-16-8-3-12(9-17(16)28-2)10-18(26)22-19-23-20-25(24-19)15(11-29-20)13-4-6-14(21)7-5-13/h3-9,11H,10H2,1-2H3,(H,22,24,26). The molecular weight excluding hydrogens is 395 g/mol. The average molecular weight is 412 g/mol. The summed E-state index contributed by atoms with van der Waals surface area (Å²) >= 11 is 1.39. The topological polar surface area (TPSA) is 77.8 Å². The van der Waals surface area contributed by atoms with E-state index in [0.717, 1.165) is 16.8 Å². The molecule has 4 aromatic rings. The number of anilines is 1. The zero-order valence-corrected chi connectivity index (χ0v) is 16.5. The highest BCUT2D eigenvalue weighted by atomic mass is 32.1. The first-order chi connectivity index (χ1) is 14.1. The molecule has 0 saturated heterocycles. The SMILES string of the molecule is COc1ccc(CC(=O)Nc2nc3scc(-c4ccc(F)cc4)n3n2)cc1OC. The van der Waals surface area contributed by atoms with Crippen LogP contribution >= 0.6 is 11.3 Å². The van der Waals surface area contributed by atoms with E-state index in [1.54, 1.807) is 49.1 Å². The molecule has 1 amide bonds. The molecule has 0 radical (unpaired) electrons. The number of nitrogens with one attached hydrogen (secondary N) is 1. The maximum Gasteiger partial charge on any atom is 0.250 e. The molecule has 0 aliphatic carbocycles. The molecule has 2 heterocycles. The van der Waals surface area contributed by atoms with E-state index >= 15 is 0 Å². The second-order valence-corrected chi connectivity index (χ2v) is 7.01. The van der Waals surface area contributed by atoms with Gasteiger partial charge < -0.3 is 9.47 Å². The third kappa shape index (κ3) is 3.90. The van der Waals surface area contributed by atoms with E-state index in [2.05, 4.69) is 15.4 Å². The van der Waals surface area contributed by atoms with Crippen molar-refractivity contribution in [2.24, 2.45) is 0 Å². The first-order valence-electron chi connectivity index (χ1n) is 8.68. The second kappa shape index (κ2) is 7.88. The molecule has 29 heavy (non-hydrogen) atoms. The van der Waals surface area contributed by atoms with Crippen molar-refractivity contribution >= 4 is 28.2 Å². The summed E-state index contributed by atoms with van der Waals surface area (Å²) in [6.45, 7) is 0. The van der Waals surface area contributed by atoms with Crippen LogP contribution < -0.4 is 14.8 Å². The average Bonchev–Trinajstić information content (AvgIpc) is 3.28. The molecule has 4 rings (SSSR count). The van der Waals surface area contributed by atoms with Crippen molar-refractivity contribution in [3.8, 4) is 22.8 Å². The molecule has 2 aromatic carbocycles. The lowest BCUT2D eigenvalue weighted by Crippen LogP contribution is -2.15. The van der Waals surface area contributed by atoms with Crippen molar-refractivity contribution < 1.29 is 18.7 Å². The molecular formula is C20H17FN4O3S. The molecule has 1 N–H and O–H groups in total. The molecule has 0 spiro atoms. The Bertz CT molecular complexity index is 1170. The number of amides is 1. The molecule has 0 bridgehead atoms. The highest BCUT2D eigenvalue weighted by molar-refractivity contribution is 7.15. The second-order valence-electron chi connectivity index (χ2n) is 6.17. The third-order valence-electron chi connectivity index (χ3n) is 4.29. The molecule has 0 aliphatic rings. The van der Waals surface area contributed by atoms with Gasteiger partial charge in [-0.05, 0) is 42.0 Å². The predicted octanol–water partition coefficient (Wildman–Crippen LogP) is 3.80. The lowest BCUT2D eigenvalue weighted by Gasteiger charge is -2.09. The highest BCUT2D eigenvalue weighted by Crippen LogP contribution is 2.28. The van der Waals surface area contributed by atoms with Crippen molar-refractivity contribution in [1.29, 1.82) is 0 Å². The van der Waals surface area contributed by atoms with Gasteiger partial charge in [0, 0.05) is 10.9 Å². The summed E-state index contributed by atoms with van der Waals surface area (Å²) in [6.07, 6.45) is 0.137. The summed E-state index contributed by atoms with van der Waals surface area (Å²) < 4.78 is 25.3. The zero-order chi connectivity index (χ0) is 20.4. The molecule has 2 aromatic heterocycles. The van der Waals surface area contributed by atoms with Gasteiger partial charge in [-0.15, -0.1) is 16.4 Å². The van der Waals surface area contributed by atoms with E-state index in [1.807, 2.05) is 5.38 Å².